The maximum atomic E-state index is 12.8. The highest BCUT2D eigenvalue weighted by Crippen LogP contribution is 2.22. The summed E-state index contributed by atoms with van der Waals surface area (Å²) in [5.41, 5.74) is 1.53. The fourth-order valence-electron chi connectivity index (χ4n) is 2.59. The van der Waals surface area contributed by atoms with Crippen LogP contribution in [0.5, 0.6) is 11.5 Å². The van der Waals surface area contributed by atoms with E-state index in [4.69, 9.17) is 14.7 Å². The largest absolute Gasteiger partial charge is 0.489 e. The molecule has 0 spiro atoms. The lowest BCUT2D eigenvalue weighted by atomic mass is 10.1. The topological polar surface area (TPSA) is 68.2 Å². The number of quaternary nitrogens is 1. The maximum absolute atomic E-state index is 12.8. The number of benzene rings is 2. The number of rotatable bonds is 6. The van der Waals surface area contributed by atoms with Crippen LogP contribution < -0.4 is 9.57 Å². The molecule has 1 N–H and O–H groups in total. The molecule has 1 saturated heterocycles. The molecular weight excluding hydrogens is 375 g/mol. The number of amides is 1. The van der Waals surface area contributed by atoms with E-state index in [1.54, 1.807) is 29.2 Å². The fraction of sp³-hybridized carbons (Fsp3) is 0.278. The third kappa shape index (κ3) is 5.83. The minimum atomic E-state index is -2.41. The number of carbonyl (C=O) groups excluding carboxylic acids is 1. The van der Waals surface area contributed by atoms with E-state index >= 15 is 0 Å². The molecule has 1 unspecified atom stereocenters. The highest BCUT2D eigenvalue weighted by Gasteiger charge is 2.24. The van der Waals surface area contributed by atoms with Crippen LogP contribution in [-0.4, -0.2) is 46.8 Å². The zero-order chi connectivity index (χ0) is 19.3. The van der Waals surface area contributed by atoms with Crippen molar-refractivity contribution in [3.8, 4) is 11.5 Å². The van der Waals surface area contributed by atoms with Crippen LogP contribution in [0.2, 0.25) is 0 Å². The van der Waals surface area contributed by atoms with E-state index in [2.05, 4.69) is 17.7 Å². The van der Waals surface area contributed by atoms with Crippen molar-refractivity contribution in [3.05, 3.63) is 59.7 Å². The molecule has 1 aliphatic rings. The van der Waals surface area contributed by atoms with Gasteiger partial charge in [0.05, 0.1) is 13.2 Å². The number of morpholine rings is 1. The van der Waals surface area contributed by atoms with Crippen molar-refractivity contribution in [2.45, 2.75) is 6.61 Å². The van der Waals surface area contributed by atoms with Crippen LogP contribution in [0.1, 0.15) is 15.9 Å². The number of ether oxygens (including phenoxy) is 2. The van der Waals surface area contributed by atoms with Crippen LogP contribution in [-0.2, 0) is 11.3 Å². The summed E-state index contributed by atoms with van der Waals surface area (Å²) < 4.78 is 21.3. The molecule has 144 valence electrons. The lowest BCUT2D eigenvalue weighted by Crippen LogP contribution is -2.40. The van der Waals surface area contributed by atoms with Gasteiger partial charge < -0.3 is 14.4 Å². The minimum absolute atomic E-state index is 0.00299. The van der Waals surface area contributed by atoms with E-state index < -0.39 is 4.44 Å². The van der Waals surface area contributed by atoms with Crippen molar-refractivity contribution in [2.24, 2.45) is 0 Å². The van der Waals surface area contributed by atoms with Gasteiger partial charge in [-0.2, -0.15) is 0 Å². The molecule has 0 saturated carbocycles. The lowest BCUT2D eigenvalue weighted by molar-refractivity contribution is -1.22. The van der Waals surface area contributed by atoms with Gasteiger partial charge in [0.15, 0.2) is 12.8 Å². The molecule has 0 radical (unpaired) electrons. The SMILES string of the molecule is O=C(c1ccc(COc2ccc(O[N+](O)(F)S)cc2)cc1)N1CCOCC1. The zero-order valence-corrected chi connectivity index (χ0v) is 15.3. The third-order valence-corrected chi connectivity index (χ3v) is 4.03. The van der Waals surface area contributed by atoms with Gasteiger partial charge in [-0.1, -0.05) is 12.1 Å². The summed E-state index contributed by atoms with van der Waals surface area (Å²) in [5.74, 6) is 0.634. The maximum Gasteiger partial charge on any atom is 0.254 e. The van der Waals surface area contributed by atoms with Crippen molar-refractivity contribution < 1.29 is 33.2 Å². The molecule has 1 atom stereocenters. The van der Waals surface area contributed by atoms with Crippen molar-refractivity contribution >= 4 is 18.7 Å². The number of carbonyl (C=O) groups is 1. The van der Waals surface area contributed by atoms with E-state index in [1.807, 2.05) is 12.1 Å². The minimum Gasteiger partial charge on any atom is -0.489 e. The first kappa shape index (κ1) is 19.4. The second-order valence-electron chi connectivity index (χ2n) is 5.93. The Balaban J connectivity index is 1.53. The molecule has 7 nitrogen and oxygen atoms in total. The quantitative estimate of drug-likeness (QED) is 0.447. The molecule has 1 fully saturated rings. The Hall–Kier alpha value is -2.33. The van der Waals surface area contributed by atoms with Gasteiger partial charge in [0.2, 0.25) is 10.2 Å². The van der Waals surface area contributed by atoms with Crippen LogP contribution in [0.4, 0.5) is 4.48 Å². The second kappa shape index (κ2) is 8.57. The number of hydrogen-bond donors (Lipinski definition) is 2. The highest BCUT2D eigenvalue weighted by atomic mass is 32.1. The Morgan fingerprint density at radius 1 is 1.11 bits per heavy atom. The summed E-state index contributed by atoms with van der Waals surface area (Å²) in [5, 5.41) is 8.79. The number of thiol groups is 1. The summed E-state index contributed by atoms with van der Waals surface area (Å²) in [6, 6.07) is 13.3. The summed E-state index contributed by atoms with van der Waals surface area (Å²) in [4.78, 5) is 18.7. The van der Waals surface area contributed by atoms with Gasteiger partial charge in [0.1, 0.15) is 16.8 Å². The van der Waals surface area contributed by atoms with Crippen LogP contribution in [0.3, 0.4) is 0 Å². The monoisotopic (exact) mass is 395 g/mol. The van der Waals surface area contributed by atoms with E-state index in [9.17, 15) is 9.28 Å². The van der Waals surface area contributed by atoms with Crippen molar-refractivity contribution in [2.75, 3.05) is 26.3 Å². The van der Waals surface area contributed by atoms with Crippen LogP contribution in [0.15, 0.2) is 48.5 Å². The van der Waals surface area contributed by atoms with Gasteiger partial charge >= 0.3 is 0 Å². The molecule has 1 heterocycles. The Bertz CT molecular complexity index is 759. The third-order valence-electron chi connectivity index (χ3n) is 3.95. The predicted octanol–water partition coefficient (Wildman–Crippen LogP) is 2.97. The molecule has 2 aromatic carbocycles. The van der Waals surface area contributed by atoms with Gasteiger partial charge in [-0.25, -0.2) is 4.84 Å². The Morgan fingerprint density at radius 3 is 2.30 bits per heavy atom. The van der Waals surface area contributed by atoms with Gasteiger partial charge in [-0.3, -0.25) is 4.79 Å². The Morgan fingerprint density at radius 2 is 1.70 bits per heavy atom. The summed E-state index contributed by atoms with van der Waals surface area (Å²) >= 11 is 3.18. The van der Waals surface area contributed by atoms with Gasteiger partial charge in [0.25, 0.3) is 5.91 Å². The van der Waals surface area contributed by atoms with Crippen LogP contribution in [0.25, 0.3) is 0 Å². The van der Waals surface area contributed by atoms with Crippen molar-refractivity contribution in [1.82, 2.24) is 4.90 Å². The normalized spacial score (nSPS) is 16.5. The van der Waals surface area contributed by atoms with Gasteiger partial charge in [-0.05, 0) is 42.0 Å². The summed E-state index contributed by atoms with van der Waals surface area (Å²) in [6.07, 6.45) is 0. The molecule has 0 aromatic heterocycles. The Kier molecular flexibility index (Phi) is 6.17. The standard InChI is InChI=1S/C18H20FN2O5S/c19-21(23,27)26-17-7-5-16(6-8-17)25-13-14-1-3-15(4-2-14)18(22)20-9-11-24-12-10-20/h1-8,23,27H,9-13H2/q+1. The van der Waals surface area contributed by atoms with E-state index in [0.29, 0.717) is 44.2 Å². The lowest BCUT2D eigenvalue weighted by Gasteiger charge is -2.26. The number of nitrogens with zero attached hydrogens (tertiary/aromatic N) is 2. The summed E-state index contributed by atoms with van der Waals surface area (Å²) in [7, 11) is 0. The molecule has 1 aliphatic heterocycles. The van der Waals surface area contributed by atoms with Crippen LogP contribution >= 0.6 is 12.8 Å². The average molecular weight is 395 g/mol. The first-order chi connectivity index (χ1) is 12.9. The zero-order valence-electron chi connectivity index (χ0n) is 14.5. The van der Waals surface area contributed by atoms with E-state index in [1.165, 1.54) is 12.1 Å². The molecule has 9 heteroatoms. The summed E-state index contributed by atoms with van der Waals surface area (Å²) in [6.45, 7) is 2.66. The second-order valence-corrected chi connectivity index (χ2v) is 6.42. The highest BCUT2D eigenvalue weighted by molar-refractivity contribution is 7.73. The molecular formula is C18H20FN2O5S+. The molecule has 2 aromatic rings. The fourth-order valence-corrected chi connectivity index (χ4v) is 2.68. The first-order valence-corrected chi connectivity index (χ1v) is 8.73. The molecule has 1 amide bonds. The van der Waals surface area contributed by atoms with E-state index in [0.717, 1.165) is 5.56 Å². The van der Waals surface area contributed by atoms with Gasteiger partial charge in [0, 0.05) is 18.7 Å². The molecule has 0 bridgehead atoms. The van der Waals surface area contributed by atoms with Gasteiger partial charge in [-0.15, -0.1) is 5.21 Å². The predicted molar refractivity (Wildman–Crippen MR) is 96.7 cm³/mol. The van der Waals surface area contributed by atoms with Crippen molar-refractivity contribution in [3.63, 3.8) is 0 Å². The smallest absolute Gasteiger partial charge is 0.254 e. The number of hydrogen-bond acceptors (Lipinski definition) is 6. The number of halogens is 1. The molecule has 0 aliphatic carbocycles. The Labute approximate surface area is 161 Å². The van der Waals surface area contributed by atoms with Crippen molar-refractivity contribution in [1.29, 1.82) is 0 Å². The van der Waals surface area contributed by atoms with E-state index in [-0.39, 0.29) is 11.7 Å². The molecule has 27 heavy (non-hydrogen) atoms. The molecule has 3 rings (SSSR count). The van der Waals surface area contributed by atoms with Crippen LogP contribution in [0, 0.1) is 0 Å². The average Bonchev–Trinajstić information content (AvgIpc) is 2.67. The first-order valence-electron chi connectivity index (χ1n) is 8.33.